The molecule has 1 aliphatic heterocycles. The molecule has 0 radical (unpaired) electrons. The van der Waals surface area contributed by atoms with Gasteiger partial charge < -0.3 is 5.11 Å². The predicted molar refractivity (Wildman–Crippen MR) is 109 cm³/mol. The summed E-state index contributed by atoms with van der Waals surface area (Å²) in [6, 6.07) is 9.53. The molecule has 6 nitrogen and oxygen atoms in total. The molecule has 0 atom stereocenters. The summed E-state index contributed by atoms with van der Waals surface area (Å²) in [6.07, 6.45) is 6.67. The SMILES string of the molecule is O=C(O)c1ccc(-n2cc(/C=N/N3CCCCC3)c(-c3ccc(F)cc3F)n2)cc1. The number of hydrogen-bond acceptors (Lipinski definition) is 4. The molecule has 0 amide bonds. The van der Waals surface area contributed by atoms with E-state index < -0.39 is 17.6 Å². The van der Waals surface area contributed by atoms with Gasteiger partial charge in [-0.15, -0.1) is 0 Å². The largest absolute Gasteiger partial charge is 0.478 e. The molecular formula is C22H20F2N4O2. The second-order valence-corrected chi connectivity index (χ2v) is 7.11. The Morgan fingerprint density at radius 2 is 1.80 bits per heavy atom. The highest BCUT2D eigenvalue weighted by atomic mass is 19.1. The van der Waals surface area contributed by atoms with Crippen molar-refractivity contribution in [3.63, 3.8) is 0 Å². The van der Waals surface area contributed by atoms with Gasteiger partial charge in [0.1, 0.15) is 17.3 Å². The normalized spacial score (nSPS) is 14.4. The van der Waals surface area contributed by atoms with Crippen LogP contribution in [0.3, 0.4) is 0 Å². The van der Waals surface area contributed by atoms with Gasteiger partial charge in [-0.3, -0.25) is 5.01 Å². The van der Waals surface area contributed by atoms with Crippen LogP contribution in [0, 0.1) is 11.6 Å². The van der Waals surface area contributed by atoms with E-state index in [1.807, 2.05) is 5.01 Å². The van der Waals surface area contributed by atoms with Crippen LogP contribution in [-0.2, 0) is 0 Å². The van der Waals surface area contributed by atoms with E-state index in [0.717, 1.165) is 32.0 Å². The van der Waals surface area contributed by atoms with E-state index in [4.69, 9.17) is 5.11 Å². The molecule has 0 bridgehead atoms. The molecular weight excluding hydrogens is 390 g/mol. The van der Waals surface area contributed by atoms with Gasteiger partial charge >= 0.3 is 5.97 Å². The Kier molecular flexibility index (Phi) is 5.56. The van der Waals surface area contributed by atoms with Crippen molar-refractivity contribution in [2.75, 3.05) is 13.1 Å². The zero-order valence-electron chi connectivity index (χ0n) is 16.1. The Bertz CT molecular complexity index is 1090. The Morgan fingerprint density at radius 1 is 1.07 bits per heavy atom. The summed E-state index contributed by atoms with van der Waals surface area (Å²) in [6.45, 7) is 1.73. The van der Waals surface area contributed by atoms with Gasteiger partial charge in [0.25, 0.3) is 0 Å². The maximum Gasteiger partial charge on any atom is 0.335 e. The molecule has 3 aromatic rings. The Hall–Kier alpha value is -3.55. The number of benzene rings is 2. The van der Waals surface area contributed by atoms with Gasteiger partial charge in [-0.05, 0) is 55.7 Å². The third kappa shape index (κ3) is 4.22. The molecule has 30 heavy (non-hydrogen) atoms. The van der Waals surface area contributed by atoms with Crippen molar-refractivity contribution >= 4 is 12.2 Å². The molecule has 2 aromatic carbocycles. The Labute approximate surface area is 172 Å². The number of carboxylic acid groups (broad SMARTS) is 1. The highest BCUT2D eigenvalue weighted by molar-refractivity contribution is 5.89. The zero-order valence-corrected chi connectivity index (χ0v) is 16.1. The summed E-state index contributed by atoms with van der Waals surface area (Å²) in [5.41, 5.74) is 1.84. The van der Waals surface area contributed by atoms with Crippen molar-refractivity contribution in [1.82, 2.24) is 14.8 Å². The fourth-order valence-corrected chi connectivity index (χ4v) is 3.40. The summed E-state index contributed by atoms with van der Waals surface area (Å²) in [7, 11) is 0. The zero-order chi connectivity index (χ0) is 21.1. The van der Waals surface area contributed by atoms with E-state index in [1.54, 1.807) is 24.5 Å². The maximum atomic E-state index is 14.5. The van der Waals surface area contributed by atoms with Gasteiger partial charge in [0.2, 0.25) is 0 Å². The third-order valence-electron chi connectivity index (χ3n) is 5.00. The average molecular weight is 410 g/mol. The van der Waals surface area contributed by atoms with Gasteiger partial charge in [-0.25, -0.2) is 18.3 Å². The summed E-state index contributed by atoms with van der Waals surface area (Å²) in [5.74, 6) is -2.40. The quantitative estimate of drug-likeness (QED) is 0.636. The predicted octanol–water partition coefficient (Wildman–Crippen LogP) is 4.34. The van der Waals surface area contributed by atoms with Crippen LogP contribution in [0.25, 0.3) is 16.9 Å². The van der Waals surface area contributed by atoms with Crippen molar-refractivity contribution < 1.29 is 18.7 Å². The number of halogens is 2. The minimum atomic E-state index is -1.02. The summed E-state index contributed by atoms with van der Waals surface area (Å²) >= 11 is 0. The van der Waals surface area contributed by atoms with Crippen LogP contribution in [0.5, 0.6) is 0 Å². The van der Waals surface area contributed by atoms with E-state index in [1.165, 1.54) is 35.4 Å². The fourth-order valence-electron chi connectivity index (χ4n) is 3.40. The van der Waals surface area contributed by atoms with Crippen molar-refractivity contribution in [2.45, 2.75) is 19.3 Å². The van der Waals surface area contributed by atoms with Gasteiger partial charge in [0.15, 0.2) is 0 Å². The number of carboxylic acids is 1. The van der Waals surface area contributed by atoms with Crippen LogP contribution in [0.15, 0.2) is 53.8 Å². The molecule has 8 heteroatoms. The van der Waals surface area contributed by atoms with Gasteiger partial charge in [0.05, 0.1) is 17.5 Å². The smallest absolute Gasteiger partial charge is 0.335 e. The van der Waals surface area contributed by atoms with Crippen LogP contribution < -0.4 is 0 Å². The number of hydrogen-bond donors (Lipinski definition) is 1. The lowest BCUT2D eigenvalue weighted by molar-refractivity contribution is 0.0697. The lowest BCUT2D eigenvalue weighted by atomic mass is 10.1. The monoisotopic (exact) mass is 410 g/mol. The van der Waals surface area contributed by atoms with Crippen LogP contribution in [0.2, 0.25) is 0 Å². The first-order valence-electron chi connectivity index (χ1n) is 9.69. The Morgan fingerprint density at radius 3 is 2.47 bits per heavy atom. The summed E-state index contributed by atoms with van der Waals surface area (Å²) in [5, 5.41) is 20.0. The Balaban J connectivity index is 1.74. The minimum Gasteiger partial charge on any atom is -0.478 e. The summed E-state index contributed by atoms with van der Waals surface area (Å²) < 4.78 is 29.4. The van der Waals surface area contributed by atoms with Crippen LogP contribution in [0.1, 0.15) is 35.2 Å². The molecule has 0 saturated carbocycles. The van der Waals surface area contributed by atoms with Crippen molar-refractivity contribution in [3.05, 3.63) is 71.4 Å². The highest BCUT2D eigenvalue weighted by Crippen LogP contribution is 2.26. The minimum absolute atomic E-state index is 0.155. The molecule has 1 fully saturated rings. The second-order valence-electron chi connectivity index (χ2n) is 7.11. The standard InChI is InChI=1S/C22H20F2N4O2/c23-17-6-9-19(20(24)12-17)21-16(13-25-27-10-2-1-3-11-27)14-28(26-21)18-7-4-15(5-8-18)22(29)30/h4-9,12-14H,1-3,10-11H2,(H,29,30)/b25-13+. The first-order chi connectivity index (χ1) is 14.5. The van der Waals surface area contributed by atoms with Crippen LogP contribution in [-0.4, -0.2) is 45.2 Å². The van der Waals surface area contributed by atoms with Gasteiger partial charge in [-0.2, -0.15) is 10.2 Å². The number of aromatic nitrogens is 2. The second kappa shape index (κ2) is 8.44. The first kappa shape index (κ1) is 19.8. The lowest BCUT2D eigenvalue weighted by Gasteiger charge is -2.23. The number of piperidine rings is 1. The topological polar surface area (TPSA) is 70.7 Å². The molecule has 2 heterocycles. The highest BCUT2D eigenvalue weighted by Gasteiger charge is 2.16. The van der Waals surface area contributed by atoms with E-state index in [9.17, 15) is 13.6 Å². The van der Waals surface area contributed by atoms with E-state index in [-0.39, 0.29) is 11.1 Å². The molecule has 4 rings (SSSR count). The van der Waals surface area contributed by atoms with E-state index in [0.29, 0.717) is 16.9 Å². The van der Waals surface area contributed by atoms with Crippen molar-refractivity contribution in [1.29, 1.82) is 0 Å². The molecule has 1 aromatic heterocycles. The molecule has 1 N–H and O–H groups in total. The number of hydrazone groups is 1. The summed E-state index contributed by atoms with van der Waals surface area (Å²) in [4.78, 5) is 11.1. The van der Waals surface area contributed by atoms with Gasteiger partial charge in [0, 0.05) is 36.5 Å². The van der Waals surface area contributed by atoms with E-state index >= 15 is 0 Å². The first-order valence-corrected chi connectivity index (χ1v) is 9.69. The molecule has 0 spiro atoms. The average Bonchev–Trinajstić information content (AvgIpc) is 3.17. The number of aromatic carboxylic acids is 1. The van der Waals surface area contributed by atoms with Gasteiger partial charge in [-0.1, -0.05) is 0 Å². The lowest BCUT2D eigenvalue weighted by Crippen LogP contribution is -2.24. The molecule has 0 unspecified atom stereocenters. The fraction of sp³-hybridized carbons (Fsp3) is 0.227. The third-order valence-corrected chi connectivity index (χ3v) is 5.00. The van der Waals surface area contributed by atoms with Crippen LogP contribution in [0.4, 0.5) is 8.78 Å². The molecule has 154 valence electrons. The molecule has 1 saturated heterocycles. The molecule has 1 aliphatic rings. The maximum absolute atomic E-state index is 14.5. The van der Waals surface area contributed by atoms with Crippen molar-refractivity contribution in [2.24, 2.45) is 5.10 Å². The van der Waals surface area contributed by atoms with E-state index in [2.05, 4.69) is 10.2 Å². The number of nitrogens with zero attached hydrogens (tertiary/aromatic N) is 4. The van der Waals surface area contributed by atoms with Crippen molar-refractivity contribution in [3.8, 4) is 16.9 Å². The van der Waals surface area contributed by atoms with Crippen LogP contribution >= 0.6 is 0 Å². The number of carbonyl (C=O) groups is 1. The molecule has 0 aliphatic carbocycles. The number of rotatable bonds is 5.